The van der Waals surface area contributed by atoms with Gasteiger partial charge in [-0.15, -0.1) is 0 Å². The van der Waals surface area contributed by atoms with Crippen molar-refractivity contribution in [2.45, 2.75) is 30.6 Å². The van der Waals surface area contributed by atoms with Gasteiger partial charge in [-0.25, -0.2) is 0 Å². The molecular formula is C10H14O5S. The maximum Gasteiger partial charge on any atom is 0.330 e. The highest BCUT2D eigenvalue weighted by molar-refractivity contribution is 7.89. The zero-order valence-electron chi connectivity index (χ0n) is 9.17. The average Bonchev–Trinajstić information content (AvgIpc) is 2.79. The van der Waals surface area contributed by atoms with Crippen LogP contribution >= 0.6 is 0 Å². The van der Waals surface area contributed by atoms with Crippen LogP contribution in [0.3, 0.4) is 0 Å². The van der Waals surface area contributed by atoms with Crippen LogP contribution in [-0.2, 0) is 23.8 Å². The minimum absolute atomic E-state index is 0.204. The van der Waals surface area contributed by atoms with E-state index in [1.807, 2.05) is 6.92 Å². The third-order valence-electron chi connectivity index (χ3n) is 4.59. The van der Waals surface area contributed by atoms with Crippen molar-refractivity contribution in [3.63, 3.8) is 0 Å². The molecule has 2 saturated carbocycles. The van der Waals surface area contributed by atoms with Crippen LogP contribution in [0.2, 0.25) is 0 Å². The number of rotatable bonds is 1. The van der Waals surface area contributed by atoms with Crippen LogP contribution in [0.15, 0.2) is 0 Å². The number of hydrogen-bond acceptors (Lipinski definition) is 5. The molecular weight excluding hydrogens is 232 g/mol. The molecule has 16 heavy (non-hydrogen) atoms. The highest BCUT2D eigenvalue weighted by atomic mass is 32.2. The molecule has 0 spiro atoms. The lowest BCUT2D eigenvalue weighted by Gasteiger charge is -2.28. The van der Waals surface area contributed by atoms with Gasteiger partial charge in [0.25, 0.3) is 10.1 Å². The molecule has 1 saturated heterocycles. The van der Waals surface area contributed by atoms with Crippen molar-refractivity contribution < 1.29 is 22.1 Å². The Hall–Kier alpha value is -0.620. The average molecular weight is 246 g/mol. The number of hydrogen-bond donors (Lipinski definition) is 0. The highest BCUT2D eigenvalue weighted by Gasteiger charge is 2.75. The van der Waals surface area contributed by atoms with Gasteiger partial charge in [-0.2, -0.15) is 8.42 Å². The van der Waals surface area contributed by atoms with E-state index in [-0.39, 0.29) is 23.9 Å². The van der Waals surface area contributed by atoms with Crippen molar-refractivity contribution in [1.82, 2.24) is 0 Å². The second-order valence-corrected chi connectivity index (χ2v) is 6.89. The molecule has 3 aliphatic rings. The summed E-state index contributed by atoms with van der Waals surface area (Å²) in [5.41, 5.74) is 0. The fourth-order valence-corrected chi connectivity index (χ4v) is 5.84. The van der Waals surface area contributed by atoms with Crippen molar-refractivity contribution in [2.24, 2.45) is 17.8 Å². The van der Waals surface area contributed by atoms with Crippen LogP contribution in [0.4, 0.5) is 0 Å². The van der Waals surface area contributed by atoms with E-state index in [2.05, 4.69) is 4.74 Å². The topological polar surface area (TPSA) is 69.7 Å². The van der Waals surface area contributed by atoms with E-state index in [9.17, 15) is 13.2 Å². The number of esters is 1. The van der Waals surface area contributed by atoms with E-state index >= 15 is 0 Å². The van der Waals surface area contributed by atoms with Gasteiger partial charge in [0, 0.05) is 5.92 Å². The normalized spacial score (nSPS) is 51.9. The molecule has 3 fully saturated rings. The summed E-state index contributed by atoms with van der Waals surface area (Å²) >= 11 is 0. The van der Waals surface area contributed by atoms with Crippen LogP contribution in [0.5, 0.6) is 0 Å². The first-order chi connectivity index (χ1) is 7.44. The van der Waals surface area contributed by atoms with Crippen LogP contribution in [0.25, 0.3) is 0 Å². The summed E-state index contributed by atoms with van der Waals surface area (Å²) in [5, 5.41) is 0. The van der Waals surface area contributed by atoms with Crippen LogP contribution in [-0.4, -0.2) is 32.3 Å². The molecule has 90 valence electrons. The molecule has 1 aliphatic heterocycles. The zero-order valence-corrected chi connectivity index (χ0v) is 9.99. The number of methoxy groups -OCH3 is 1. The predicted molar refractivity (Wildman–Crippen MR) is 53.9 cm³/mol. The molecule has 0 aromatic rings. The molecule has 5 atom stereocenters. The molecule has 0 amide bonds. The molecule has 0 aromatic carbocycles. The molecule has 0 aromatic heterocycles. The molecule has 5 nitrogen and oxygen atoms in total. The Morgan fingerprint density at radius 1 is 1.50 bits per heavy atom. The van der Waals surface area contributed by atoms with Gasteiger partial charge in [0.1, 0.15) is 0 Å². The number of fused-ring (bicyclic) bond motifs is 1. The largest absolute Gasteiger partial charge is 0.468 e. The molecule has 3 rings (SSSR count). The number of carbonyl (C=O) groups is 1. The maximum atomic E-state index is 12.0. The van der Waals surface area contributed by atoms with E-state index in [0.29, 0.717) is 6.42 Å². The highest BCUT2D eigenvalue weighted by Crippen LogP contribution is 2.63. The van der Waals surface area contributed by atoms with E-state index in [1.54, 1.807) is 0 Å². The van der Waals surface area contributed by atoms with Crippen molar-refractivity contribution in [3.05, 3.63) is 0 Å². The Kier molecular flexibility index (Phi) is 1.84. The van der Waals surface area contributed by atoms with Gasteiger partial charge < -0.3 is 4.74 Å². The van der Waals surface area contributed by atoms with Crippen LogP contribution in [0.1, 0.15) is 19.8 Å². The summed E-state index contributed by atoms with van der Waals surface area (Å²) in [6.45, 7) is 2.00. The molecule has 5 unspecified atom stereocenters. The van der Waals surface area contributed by atoms with Gasteiger partial charge in [-0.1, -0.05) is 6.92 Å². The molecule has 2 aliphatic carbocycles. The van der Waals surface area contributed by atoms with Gasteiger partial charge >= 0.3 is 5.97 Å². The number of ether oxygens (including phenoxy) is 1. The van der Waals surface area contributed by atoms with E-state index in [1.165, 1.54) is 7.11 Å². The first-order valence-corrected chi connectivity index (χ1v) is 6.86. The van der Waals surface area contributed by atoms with Crippen molar-refractivity contribution in [1.29, 1.82) is 0 Å². The van der Waals surface area contributed by atoms with E-state index < -0.39 is 20.8 Å². The Bertz CT molecular complexity index is 456. The van der Waals surface area contributed by atoms with Gasteiger partial charge in [0.05, 0.1) is 13.2 Å². The molecule has 2 bridgehead atoms. The smallest absolute Gasteiger partial charge is 0.330 e. The Balaban J connectivity index is 2.16. The van der Waals surface area contributed by atoms with Crippen molar-refractivity contribution in [3.8, 4) is 0 Å². The SMILES string of the molecule is COC(=O)C12CC3CC1C(OS2(=O)=O)C3C. The fourth-order valence-electron chi connectivity index (χ4n) is 3.76. The lowest BCUT2D eigenvalue weighted by Crippen LogP contribution is -2.48. The van der Waals surface area contributed by atoms with E-state index in [4.69, 9.17) is 4.18 Å². The van der Waals surface area contributed by atoms with Gasteiger partial charge in [-0.05, 0) is 24.7 Å². The standard InChI is InChI=1S/C10H14O5S/c1-5-6-3-7-8(5)15-16(12,13)10(7,4-6)9(11)14-2/h5-8H,3-4H2,1-2H3. The lowest BCUT2D eigenvalue weighted by molar-refractivity contribution is -0.145. The summed E-state index contributed by atoms with van der Waals surface area (Å²) in [6, 6.07) is 0. The summed E-state index contributed by atoms with van der Waals surface area (Å²) in [7, 11) is -2.58. The second kappa shape index (κ2) is 2.79. The third-order valence-corrected chi connectivity index (χ3v) is 6.60. The van der Waals surface area contributed by atoms with E-state index in [0.717, 1.165) is 6.42 Å². The van der Waals surface area contributed by atoms with Crippen molar-refractivity contribution in [2.75, 3.05) is 7.11 Å². The van der Waals surface area contributed by atoms with Crippen LogP contribution in [0, 0.1) is 17.8 Å². The Labute approximate surface area is 94.2 Å². The Morgan fingerprint density at radius 2 is 2.19 bits per heavy atom. The third kappa shape index (κ3) is 0.876. The lowest BCUT2D eigenvalue weighted by atomic mass is 9.80. The molecule has 6 heteroatoms. The monoisotopic (exact) mass is 246 g/mol. The minimum Gasteiger partial charge on any atom is -0.468 e. The molecule has 0 N–H and O–H groups in total. The van der Waals surface area contributed by atoms with Gasteiger partial charge in [0.2, 0.25) is 0 Å². The summed E-state index contributed by atoms with van der Waals surface area (Å²) in [6.07, 6.45) is 0.813. The second-order valence-electron chi connectivity index (χ2n) is 5.06. The Morgan fingerprint density at radius 3 is 2.75 bits per heavy atom. The fraction of sp³-hybridized carbons (Fsp3) is 0.900. The van der Waals surface area contributed by atoms with Crippen LogP contribution < -0.4 is 0 Å². The maximum absolute atomic E-state index is 12.0. The summed E-state index contributed by atoms with van der Waals surface area (Å²) in [4.78, 5) is 11.8. The summed E-state index contributed by atoms with van der Waals surface area (Å²) < 4.78 is 32.5. The molecule has 1 heterocycles. The van der Waals surface area contributed by atoms with Gasteiger partial charge in [-0.3, -0.25) is 8.98 Å². The number of carbonyl (C=O) groups excluding carboxylic acids is 1. The minimum atomic E-state index is -3.81. The molecule has 0 radical (unpaired) electrons. The predicted octanol–water partition coefficient (Wildman–Crippen LogP) is 0.303. The summed E-state index contributed by atoms with van der Waals surface area (Å²) in [5.74, 6) is -0.356. The quantitative estimate of drug-likeness (QED) is 0.491. The zero-order chi connectivity index (χ0) is 11.7. The first-order valence-electron chi connectivity index (χ1n) is 5.45. The van der Waals surface area contributed by atoms with Crippen molar-refractivity contribution >= 4 is 16.1 Å². The van der Waals surface area contributed by atoms with Gasteiger partial charge in [0.15, 0.2) is 4.75 Å². The first kappa shape index (κ1) is 10.5.